The number of piperazine rings is 1. The number of carbonyl (C=O) groups excluding carboxylic acids is 1. The summed E-state index contributed by atoms with van der Waals surface area (Å²) in [6, 6.07) is 6.58. The fourth-order valence-electron chi connectivity index (χ4n) is 4.73. The minimum absolute atomic E-state index is 0.000663. The number of fused-ring (bicyclic) bond motifs is 2. The highest BCUT2D eigenvalue weighted by atomic mass is 19.1. The molecule has 6 heteroatoms. The molecule has 1 heterocycles. The maximum Gasteiger partial charge on any atom is 0.307 e. The Balaban J connectivity index is 1.36. The molecule has 0 aromatic heterocycles. The van der Waals surface area contributed by atoms with Gasteiger partial charge in [0.25, 0.3) is 0 Å². The van der Waals surface area contributed by atoms with Crippen molar-refractivity contribution < 1.29 is 19.1 Å². The Morgan fingerprint density at radius 3 is 2.42 bits per heavy atom. The smallest absolute Gasteiger partial charge is 0.307 e. The van der Waals surface area contributed by atoms with Crippen molar-refractivity contribution in [1.82, 2.24) is 9.80 Å². The van der Waals surface area contributed by atoms with Gasteiger partial charge in [0, 0.05) is 32.7 Å². The summed E-state index contributed by atoms with van der Waals surface area (Å²) in [5.74, 6) is -2.04. The Labute approximate surface area is 152 Å². The lowest BCUT2D eigenvalue weighted by Crippen LogP contribution is -2.52. The van der Waals surface area contributed by atoms with Gasteiger partial charge in [-0.15, -0.1) is 0 Å². The molecular weight excluding hydrogens is 335 g/mol. The molecule has 0 radical (unpaired) electrons. The van der Waals surface area contributed by atoms with E-state index < -0.39 is 17.8 Å². The summed E-state index contributed by atoms with van der Waals surface area (Å²) in [6.45, 7) is 3.29. The summed E-state index contributed by atoms with van der Waals surface area (Å²) in [5.41, 5.74) is 0.925. The lowest BCUT2D eigenvalue weighted by molar-refractivity contribution is -0.151. The van der Waals surface area contributed by atoms with E-state index in [1.165, 1.54) is 12.1 Å². The monoisotopic (exact) mass is 358 g/mol. The highest BCUT2D eigenvalue weighted by molar-refractivity contribution is 5.87. The lowest BCUT2D eigenvalue weighted by atomic mass is 9.82. The number of nitrogens with zero attached hydrogens (tertiary/aromatic N) is 2. The van der Waals surface area contributed by atoms with Crippen LogP contribution in [0.5, 0.6) is 0 Å². The van der Waals surface area contributed by atoms with E-state index in [2.05, 4.69) is 4.90 Å². The van der Waals surface area contributed by atoms with Gasteiger partial charge in [-0.1, -0.05) is 24.3 Å². The third kappa shape index (κ3) is 3.14. The molecule has 138 valence electrons. The van der Waals surface area contributed by atoms with Crippen LogP contribution < -0.4 is 0 Å². The maximum absolute atomic E-state index is 13.3. The Morgan fingerprint density at radius 2 is 1.77 bits per heavy atom. The summed E-state index contributed by atoms with van der Waals surface area (Å²) >= 11 is 0. The fourth-order valence-corrected chi connectivity index (χ4v) is 4.73. The first kappa shape index (κ1) is 17.2. The molecule has 26 heavy (non-hydrogen) atoms. The van der Waals surface area contributed by atoms with Crippen molar-refractivity contribution in [2.24, 2.45) is 23.7 Å². The largest absolute Gasteiger partial charge is 0.481 e. The molecule has 1 saturated heterocycles. The van der Waals surface area contributed by atoms with Gasteiger partial charge < -0.3 is 10.0 Å². The summed E-state index contributed by atoms with van der Waals surface area (Å²) in [7, 11) is 0. The summed E-state index contributed by atoms with van der Waals surface area (Å²) < 4.78 is 13.3. The van der Waals surface area contributed by atoms with E-state index in [0.29, 0.717) is 19.6 Å². The average molecular weight is 358 g/mol. The normalized spacial score (nSPS) is 30.7. The quantitative estimate of drug-likeness (QED) is 0.837. The van der Waals surface area contributed by atoms with E-state index in [9.17, 15) is 19.1 Å². The Bertz CT molecular complexity index is 742. The van der Waals surface area contributed by atoms with Crippen molar-refractivity contribution in [3.63, 3.8) is 0 Å². The second-order valence-corrected chi connectivity index (χ2v) is 7.57. The molecule has 1 aliphatic heterocycles. The number of halogens is 1. The number of carbonyl (C=O) groups is 2. The van der Waals surface area contributed by atoms with Gasteiger partial charge in [-0.25, -0.2) is 4.39 Å². The van der Waals surface area contributed by atoms with Crippen molar-refractivity contribution in [3.05, 3.63) is 47.8 Å². The Hall–Kier alpha value is -2.21. The molecule has 0 spiro atoms. The van der Waals surface area contributed by atoms with Crippen LogP contribution in [0.1, 0.15) is 12.0 Å². The molecule has 2 fully saturated rings. The zero-order valence-corrected chi connectivity index (χ0v) is 14.6. The third-order valence-electron chi connectivity index (χ3n) is 6.01. The molecule has 2 aliphatic carbocycles. The first-order valence-electron chi connectivity index (χ1n) is 9.19. The van der Waals surface area contributed by atoms with Crippen LogP contribution in [0.15, 0.2) is 36.4 Å². The molecule has 1 saturated carbocycles. The molecule has 1 N–H and O–H groups in total. The highest BCUT2D eigenvalue weighted by Crippen LogP contribution is 2.48. The van der Waals surface area contributed by atoms with Gasteiger partial charge in [0.2, 0.25) is 5.91 Å². The molecule has 2 bridgehead atoms. The van der Waals surface area contributed by atoms with Crippen LogP contribution in [0, 0.1) is 29.5 Å². The van der Waals surface area contributed by atoms with Gasteiger partial charge in [0.15, 0.2) is 0 Å². The number of benzene rings is 1. The van der Waals surface area contributed by atoms with Crippen LogP contribution in [0.25, 0.3) is 0 Å². The minimum Gasteiger partial charge on any atom is -0.481 e. The molecule has 4 unspecified atom stereocenters. The van der Waals surface area contributed by atoms with E-state index in [4.69, 9.17) is 0 Å². The van der Waals surface area contributed by atoms with Crippen molar-refractivity contribution >= 4 is 11.9 Å². The number of hydrogen-bond acceptors (Lipinski definition) is 3. The number of amides is 1. The van der Waals surface area contributed by atoms with Crippen LogP contribution in [-0.4, -0.2) is 53.0 Å². The van der Waals surface area contributed by atoms with Crippen LogP contribution in [-0.2, 0) is 16.1 Å². The van der Waals surface area contributed by atoms with Gasteiger partial charge in [0.1, 0.15) is 5.82 Å². The van der Waals surface area contributed by atoms with Crippen molar-refractivity contribution in [3.8, 4) is 0 Å². The minimum atomic E-state index is -0.857. The number of carboxylic acids is 1. The zero-order valence-electron chi connectivity index (χ0n) is 14.6. The van der Waals surface area contributed by atoms with Crippen LogP contribution in [0.3, 0.4) is 0 Å². The number of hydrogen-bond donors (Lipinski definition) is 1. The van der Waals surface area contributed by atoms with Crippen LogP contribution in [0.4, 0.5) is 4.39 Å². The molecule has 1 amide bonds. The van der Waals surface area contributed by atoms with Gasteiger partial charge in [0.05, 0.1) is 11.8 Å². The van der Waals surface area contributed by atoms with Crippen molar-refractivity contribution in [1.29, 1.82) is 0 Å². The lowest BCUT2D eigenvalue weighted by Gasteiger charge is -2.37. The molecule has 4 atom stereocenters. The predicted molar refractivity (Wildman–Crippen MR) is 93.6 cm³/mol. The first-order chi connectivity index (χ1) is 12.5. The summed E-state index contributed by atoms with van der Waals surface area (Å²) in [4.78, 5) is 28.6. The molecule has 3 aliphatic rings. The Morgan fingerprint density at radius 1 is 1.08 bits per heavy atom. The standard InChI is InChI=1S/C20H23FN2O3/c21-16-3-1-2-13(10-16)12-22-6-8-23(9-7-22)19(24)17-14-4-5-15(11-14)18(17)20(25)26/h1-5,10,14-15,17-18H,6-9,11-12H2,(H,25,26). The Kier molecular flexibility index (Phi) is 4.53. The molecule has 1 aromatic rings. The number of allylic oxidation sites excluding steroid dienone is 2. The van der Waals surface area contributed by atoms with E-state index in [-0.39, 0.29) is 23.6 Å². The van der Waals surface area contributed by atoms with Crippen molar-refractivity contribution in [2.45, 2.75) is 13.0 Å². The zero-order chi connectivity index (χ0) is 18.3. The summed E-state index contributed by atoms with van der Waals surface area (Å²) in [6.07, 6.45) is 4.77. The van der Waals surface area contributed by atoms with E-state index in [1.807, 2.05) is 23.1 Å². The number of carboxylic acid groups (broad SMARTS) is 1. The van der Waals surface area contributed by atoms with Gasteiger partial charge in [-0.05, 0) is 36.0 Å². The number of aliphatic carboxylic acids is 1. The maximum atomic E-state index is 13.3. The average Bonchev–Trinajstić information content (AvgIpc) is 3.23. The number of rotatable bonds is 4. The van der Waals surface area contributed by atoms with E-state index in [1.54, 1.807) is 6.07 Å². The van der Waals surface area contributed by atoms with Gasteiger partial charge in [-0.3, -0.25) is 14.5 Å². The van der Waals surface area contributed by atoms with Gasteiger partial charge in [-0.2, -0.15) is 0 Å². The molecule has 5 nitrogen and oxygen atoms in total. The SMILES string of the molecule is O=C(O)C1C2C=CC(C2)C1C(=O)N1CCN(Cc2cccc(F)c2)CC1. The van der Waals surface area contributed by atoms with Crippen LogP contribution in [0.2, 0.25) is 0 Å². The third-order valence-corrected chi connectivity index (χ3v) is 6.01. The molecular formula is C20H23FN2O3. The van der Waals surface area contributed by atoms with Gasteiger partial charge >= 0.3 is 5.97 Å². The molecule has 1 aromatic carbocycles. The predicted octanol–water partition coefficient (Wildman–Crippen LogP) is 1.99. The fraction of sp³-hybridized carbons (Fsp3) is 0.500. The topological polar surface area (TPSA) is 60.9 Å². The first-order valence-corrected chi connectivity index (χ1v) is 9.19. The highest BCUT2D eigenvalue weighted by Gasteiger charge is 2.52. The van der Waals surface area contributed by atoms with Crippen molar-refractivity contribution in [2.75, 3.05) is 26.2 Å². The summed E-state index contributed by atoms with van der Waals surface area (Å²) in [5, 5.41) is 9.54. The molecule has 4 rings (SSSR count). The second-order valence-electron chi connectivity index (χ2n) is 7.57. The van der Waals surface area contributed by atoms with E-state index in [0.717, 1.165) is 25.1 Å². The van der Waals surface area contributed by atoms with E-state index >= 15 is 0 Å². The second kappa shape index (κ2) is 6.83. The van der Waals surface area contributed by atoms with Crippen LogP contribution >= 0.6 is 0 Å².